The molecule has 0 heterocycles. The molecule has 0 heteroatoms. The quantitative estimate of drug-likeness (QED) is 0.598. The predicted molar refractivity (Wildman–Crippen MR) is 88.0 cm³/mol. The first-order chi connectivity index (χ1) is 9.62. The molecule has 0 atom stereocenters. The third-order valence-electron chi connectivity index (χ3n) is 4.47. The molecule has 2 rings (SSSR count). The summed E-state index contributed by atoms with van der Waals surface area (Å²) in [5.41, 5.74) is 3.30. The lowest BCUT2D eigenvalue weighted by Crippen LogP contribution is -2.12. The van der Waals surface area contributed by atoms with Gasteiger partial charge in [-0.1, -0.05) is 87.9 Å². The molecule has 2 aromatic rings. The summed E-state index contributed by atoms with van der Waals surface area (Å²) < 4.78 is 0. The fourth-order valence-electron chi connectivity index (χ4n) is 2.61. The number of benzene rings is 2. The van der Waals surface area contributed by atoms with Crippen LogP contribution in [0.2, 0.25) is 0 Å². The van der Waals surface area contributed by atoms with Gasteiger partial charge in [-0.25, -0.2) is 0 Å². The van der Waals surface area contributed by atoms with Crippen molar-refractivity contribution in [2.75, 3.05) is 0 Å². The SMILES string of the molecule is CCC(C)(C)CCC(c1ccccc1)c1ccccc1. The van der Waals surface area contributed by atoms with Gasteiger partial charge in [-0.3, -0.25) is 0 Å². The summed E-state index contributed by atoms with van der Waals surface area (Å²) in [7, 11) is 0. The van der Waals surface area contributed by atoms with E-state index in [0.717, 1.165) is 0 Å². The highest BCUT2D eigenvalue weighted by atomic mass is 14.2. The van der Waals surface area contributed by atoms with Crippen LogP contribution in [0, 0.1) is 5.41 Å². The molecule has 0 N–H and O–H groups in total. The average molecular weight is 266 g/mol. The molecule has 0 spiro atoms. The molecule has 0 saturated heterocycles. The summed E-state index contributed by atoms with van der Waals surface area (Å²) in [6, 6.07) is 21.8. The first-order valence-electron chi connectivity index (χ1n) is 7.72. The molecule has 2 aromatic carbocycles. The summed E-state index contributed by atoms with van der Waals surface area (Å²) in [5.74, 6) is 0.517. The van der Waals surface area contributed by atoms with Crippen LogP contribution >= 0.6 is 0 Å². The summed E-state index contributed by atoms with van der Waals surface area (Å²) in [4.78, 5) is 0. The van der Waals surface area contributed by atoms with Crippen molar-refractivity contribution in [2.24, 2.45) is 5.41 Å². The maximum absolute atomic E-state index is 2.38. The highest BCUT2D eigenvalue weighted by Crippen LogP contribution is 2.35. The second-order valence-electron chi connectivity index (χ2n) is 6.43. The normalized spacial score (nSPS) is 11.8. The number of rotatable bonds is 6. The molecule has 0 aromatic heterocycles. The molecular weight excluding hydrogens is 240 g/mol. The second-order valence-corrected chi connectivity index (χ2v) is 6.43. The molecule has 0 saturated carbocycles. The molecule has 0 aliphatic rings. The Hall–Kier alpha value is -1.56. The smallest absolute Gasteiger partial charge is 0.00895 e. The zero-order valence-corrected chi connectivity index (χ0v) is 13.0. The van der Waals surface area contributed by atoms with Crippen molar-refractivity contribution in [3.63, 3.8) is 0 Å². The summed E-state index contributed by atoms with van der Waals surface area (Å²) in [6.45, 7) is 7.04. The minimum Gasteiger partial charge on any atom is -0.0649 e. The molecule has 0 aliphatic carbocycles. The van der Waals surface area contributed by atoms with Crippen molar-refractivity contribution in [3.05, 3.63) is 71.8 Å². The molecule has 106 valence electrons. The van der Waals surface area contributed by atoms with Crippen molar-refractivity contribution >= 4 is 0 Å². The molecule has 0 nitrogen and oxygen atoms in total. The van der Waals surface area contributed by atoms with E-state index in [2.05, 4.69) is 81.4 Å². The first-order valence-corrected chi connectivity index (χ1v) is 7.72. The van der Waals surface area contributed by atoms with Gasteiger partial charge in [0, 0.05) is 5.92 Å². The lowest BCUT2D eigenvalue weighted by molar-refractivity contribution is 0.306. The molecule has 0 amide bonds. The van der Waals surface area contributed by atoms with E-state index in [4.69, 9.17) is 0 Å². The third kappa shape index (κ3) is 3.96. The lowest BCUT2D eigenvalue weighted by atomic mass is 9.79. The zero-order valence-electron chi connectivity index (χ0n) is 13.0. The largest absolute Gasteiger partial charge is 0.0649 e. The van der Waals surface area contributed by atoms with Crippen molar-refractivity contribution < 1.29 is 0 Å². The maximum atomic E-state index is 2.38. The van der Waals surface area contributed by atoms with Crippen LogP contribution in [0.25, 0.3) is 0 Å². The molecule has 0 unspecified atom stereocenters. The van der Waals surface area contributed by atoms with Crippen LogP contribution in [0.4, 0.5) is 0 Å². The van der Waals surface area contributed by atoms with Gasteiger partial charge in [0.15, 0.2) is 0 Å². The van der Waals surface area contributed by atoms with Crippen LogP contribution in [0.5, 0.6) is 0 Å². The minimum absolute atomic E-state index is 0.432. The van der Waals surface area contributed by atoms with Crippen LogP contribution in [0.1, 0.15) is 57.1 Å². The fraction of sp³-hybridized carbons (Fsp3) is 0.400. The Balaban J connectivity index is 2.22. The van der Waals surface area contributed by atoms with Gasteiger partial charge in [-0.05, 0) is 29.4 Å². The van der Waals surface area contributed by atoms with Crippen molar-refractivity contribution in [3.8, 4) is 0 Å². The van der Waals surface area contributed by atoms with E-state index < -0.39 is 0 Å². The topological polar surface area (TPSA) is 0 Å². The molecular formula is C20H26. The Bertz CT molecular complexity index is 457. The van der Waals surface area contributed by atoms with Crippen LogP contribution in [0.15, 0.2) is 60.7 Å². The Morgan fingerprint density at radius 2 is 1.25 bits per heavy atom. The Labute approximate surface area is 123 Å². The zero-order chi connectivity index (χ0) is 14.4. The highest BCUT2D eigenvalue weighted by Gasteiger charge is 2.20. The summed E-state index contributed by atoms with van der Waals surface area (Å²) >= 11 is 0. The van der Waals surface area contributed by atoms with Gasteiger partial charge >= 0.3 is 0 Å². The van der Waals surface area contributed by atoms with Crippen molar-refractivity contribution in [1.29, 1.82) is 0 Å². The van der Waals surface area contributed by atoms with Crippen molar-refractivity contribution in [1.82, 2.24) is 0 Å². The van der Waals surface area contributed by atoms with Gasteiger partial charge in [-0.15, -0.1) is 0 Å². The van der Waals surface area contributed by atoms with E-state index in [1.807, 2.05) is 0 Å². The monoisotopic (exact) mass is 266 g/mol. The van der Waals surface area contributed by atoms with Crippen molar-refractivity contribution in [2.45, 2.75) is 46.0 Å². The first kappa shape index (κ1) is 14.8. The van der Waals surface area contributed by atoms with Crippen LogP contribution in [-0.4, -0.2) is 0 Å². The Morgan fingerprint density at radius 3 is 1.65 bits per heavy atom. The van der Waals surface area contributed by atoms with E-state index >= 15 is 0 Å². The molecule has 20 heavy (non-hydrogen) atoms. The predicted octanol–water partition coefficient (Wildman–Crippen LogP) is 6.03. The number of hydrogen-bond donors (Lipinski definition) is 0. The van der Waals surface area contributed by atoms with Gasteiger partial charge in [-0.2, -0.15) is 0 Å². The van der Waals surface area contributed by atoms with Gasteiger partial charge in [0.2, 0.25) is 0 Å². The number of hydrogen-bond acceptors (Lipinski definition) is 0. The lowest BCUT2D eigenvalue weighted by Gasteiger charge is -2.26. The molecule has 0 bridgehead atoms. The van der Waals surface area contributed by atoms with Gasteiger partial charge in [0.25, 0.3) is 0 Å². The molecule has 0 aliphatic heterocycles. The van der Waals surface area contributed by atoms with Crippen LogP contribution in [-0.2, 0) is 0 Å². The average Bonchev–Trinajstić information content (AvgIpc) is 2.49. The third-order valence-corrected chi connectivity index (χ3v) is 4.47. The summed E-state index contributed by atoms with van der Waals surface area (Å²) in [5, 5.41) is 0. The fourth-order valence-corrected chi connectivity index (χ4v) is 2.61. The van der Waals surface area contributed by atoms with Gasteiger partial charge in [0.1, 0.15) is 0 Å². The van der Waals surface area contributed by atoms with E-state index in [-0.39, 0.29) is 0 Å². The minimum atomic E-state index is 0.432. The van der Waals surface area contributed by atoms with E-state index in [0.29, 0.717) is 11.3 Å². The van der Waals surface area contributed by atoms with Gasteiger partial charge in [0.05, 0.1) is 0 Å². The van der Waals surface area contributed by atoms with Crippen LogP contribution in [0.3, 0.4) is 0 Å². The highest BCUT2D eigenvalue weighted by molar-refractivity contribution is 5.32. The van der Waals surface area contributed by atoms with E-state index in [9.17, 15) is 0 Å². The Morgan fingerprint density at radius 1 is 0.800 bits per heavy atom. The van der Waals surface area contributed by atoms with Crippen LogP contribution < -0.4 is 0 Å². The maximum Gasteiger partial charge on any atom is 0.00895 e. The Kier molecular flexibility index (Phi) is 5.00. The molecule has 0 radical (unpaired) electrons. The molecule has 0 fully saturated rings. The van der Waals surface area contributed by atoms with Gasteiger partial charge < -0.3 is 0 Å². The standard InChI is InChI=1S/C20H26/c1-4-20(2,3)16-15-19(17-11-7-5-8-12-17)18-13-9-6-10-14-18/h5-14,19H,4,15-16H2,1-3H3. The van der Waals surface area contributed by atoms with E-state index in [1.165, 1.54) is 30.4 Å². The summed E-state index contributed by atoms with van der Waals surface area (Å²) in [6.07, 6.45) is 3.72. The second kappa shape index (κ2) is 6.74. The van der Waals surface area contributed by atoms with E-state index in [1.54, 1.807) is 0 Å².